The average Bonchev–Trinajstić information content (AvgIpc) is 2.72. The SMILES string of the molecule is C#CCNS(=O)(=O)c1cc(C(=O)O)n(C(C)C)c1. The fourth-order valence-corrected chi connectivity index (χ4v) is 2.38. The second-order valence-electron chi connectivity index (χ2n) is 3.90. The Labute approximate surface area is 106 Å². The molecule has 0 saturated carbocycles. The summed E-state index contributed by atoms with van der Waals surface area (Å²) in [5.74, 6) is 0.968. The molecular weight excluding hydrogens is 256 g/mol. The van der Waals surface area contributed by atoms with Crippen LogP contribution in [-0.4, -0.2) is 30.6 Å². The lowest BCUT2D eigenvalue weighted by Crippen LogP contribution is -2.23. The largest absolute Gasteiger partial charge is 0.477 e. The Kier molecular flexibility index (Phi) is 4.16. The number of sulfonamides is 1. The zero-order chi connectivity index (χ0) is 13.9. The predicted molar refractivity (Wildman–Crippen MR) is 65.8 cm³/mol. The zero-order valence-electron chi connectivity index (χ0n) is 10.0. The van der Waals surface area contributed by atoms with Gasteiger partial charge >= 0.3 is 5.97 Å². The third kappa shape index (κ3) is 2.91. The van der Waals surface area contributed by atoms with Crippen molar-refractivity contribution in [2.75, 3.05) is 6.54 Å². The van der Waals surface area contributed by atoms with E-state index in [-0.39, 0.29) is 23.2 Å². The number of carbonyl (C=O) groups is 1. The van der Waals surface area contributed by atoms with Gasteiger partial charge in [0.2, 0.25) is 10.0 Å². The van der Waals surface area contributed by atoms with E-state index >= 15 is 0 Å². The first-order chi connectivity index (χ1) is 8.29. The molecule has 7 heteroatoms. The normalized spacial score (nSPS) is 11.4. The van der Waals surface area contributed by atoms with Crippen molar-refractivity contribution >= 4 is 16.0 Å². The van der Waals surface area contributed by atoms with Gasteiger partial charge in [-0.25, -0.2) is 13.2 Å². The summed E-state index contributed by atoms with van der Waals surface area (Å²) in [6.45, 7) is 3.38. The number of hydrogen-bond acceptors (Lipinski definition) is 3. The van der Waals surface area contributed by atoms with Gasteiger partial charge in [-0.1, -0.05) is 5.92 Å². The Hall–Kier alpha value is -1.78. The van der Waals surface area contributed by atoms with E-state index in [1.807, 2.05) is 0 Å². The van der Waals surface area contributed by atoms with Gasteiger partial charge in [-0.05, 0) is 19.9 Å². The van der Waals surface area contributed by atoms with Crippen LogP contribution in [0.1, 0.15) is 30.4 Å². The van der Waals surface area contributed by atoms with Crippen molar-refractivity contribution in [3.63, 3.8) is 0 Å². The Bertz CT molecular complexity index is 593. The second-order valence-corrected chi connectivity index (χ2v) is 5.66. The number of aromatic carboxylic acids is 1. The third-order valence-electron chi connectivity index (χ3n) is 2.27. The summed E-state index contributed by atoms with van der Waals surface area (Å²) in [6.07, 6.45) is 6.25. The van der Waals surface area contributed by atoms with Gasteiger partial charge in [-0.3, -0.25) is 0 Å². The van der Waals surface area contributed by atoms with Crippen LogP contribution in [0, 0.1) is 12.3 Å². The maximum absolute atomic E-state index is 11.8. The molecule has 0 aliphatic rings. The maximum atomic E-state index is 11.8. The van der Waals surface area contributed by atoms with E-state index < -0.39 is 16.0 Å². The van der Waals surface area contributed by atoms with Gasteiger partial charge in [0.1, 0.15) is 10.6 Å². The quantitative estimate of drug-likeness (QED) is 0.770. The predicted octanol–water partition coefficient (Wildman–Crippen LogP) is 0.679. The Morgan fingerprint density at radius 2 is 2.22 bits per heavy atom. The van der Waals surface area contributed by atoms with Crippen LogP contribution in [0.15, 0.2) is 17.2 Å². The van der Waals surface area contributed by atoms with Crippen molar-refractivity contribution in [2.45, 2.75) is 24.8 Å². The molecule has 0 aromatic carbocycles. The first-order valence-corrected chi connectivity index (χ1v) is 6.66. The maximum Gasteiger partial charge on any atom is 0.352 e. The summed E-state index contributed by atoms with van der Waals surface area (Å²) in [6, 6.07) is 0.953. The number of carboxylic acids is 1. The molecule has 98 valence electrons. The number of aromatic nitrogens is 1. The van der Waals surface area contributed by atoms with Gasteiger partial charge in [-0.15, -0.1) is 6.42 Å². The fraction of sp³-hybridized carbons (Fsp3) is 0.364. The molecule has 18 heavy (non-hydrogen) atoms. The lowest BCUT2D eigenvalue weighted by Gasteiger charge is -2.09. The number of nitrogens with zero attached hydrogens (tertiary/aromatic N) is 1. The molecule has 0 fully saturated rings. The second kappa shape index (κ2) is 5.25. The van der Waals surface area contributed by atoms with Crippen molar-refractivity contribution in [1.82, 2.24) is 9.29 Å². The molecular formula is C11H14N2O4S. The van der Waals surface area contributed by atoms with Crippen LogP contribution in [0.25, 0.3) is 0 Å². The van der Waals surface area contributed by atoms with Crippen LogP contribution in [0.3, 0.4) is 0 Å². The molecule has 0 aliphatic carbocycles. The Morgan fingerprint density at radius 1 is 1.61 bits per heavy atom. The minimum atomic E-state index is -3.77. The van der Waals surface area contributed by atoms with Crippen LogP contribution in [-0.2, 0) is 10.0 Å². The molecule has 0 bridgehead atoms. The number of carboxylic acid groups (broad SMARTS) is 1. The minimum Gasteiger partial charge on any atom is -0.477 e. The molecule has 1 aromatic rings. The van der Waals surface area contributed by atoms with Crippen molar-refractivity contribution in [3.8, 4) is 12.3 Å². The van der Waals surface area contributed by atoms with Crippen molar-refractivity contribution in [3.05, 3.63) is 18.0 Å². The Morgan fingerprint density at radius 3 is 2.61 bits per heavy atom. The van der Waals surface area contributed by atoms with E-state index in [2.05, 4.69) is 10.6 Å². The topological polar surface area (TPSA) is 88.4 Å². The summed E-state index contributed by atoms with van der Waals surface area (Å²) in [7, 11) is -3.77. The molecule has 0 aliphatic heterocycles. The van der Waals surface area contributed by atoms with Gasteiger partial charge in [0.05, 0.1) is 6.54 Å². The van der Waals surface area contributed by atoms with E-state index in [4.69, 9.17) is 11.5 Å². The van der Waals surface area contributed by atoms with Gasteiger partial charge in [0.25, 0.3) is 0 Å². The van der Waals surface area contributed by atoms with E-state index in [0.717, 1.165) is 6.07 Å². The average molecular weight is 270 g/mol. The van der Waals surface area contributed by atoms with E-state index in [1.54, 1.807) is 13.8 Å². The smallest absolute Gasteiger partial charge is 0.352 e. The van der Waals surface area contributed by atoms with Crippen LogP contribution < -0.4 is 4.72 Å². The molecule has 0 unspecified atom stereocenters. The van der Waals surface area contributed by atoms with E-state index in [1.165, 1.54) is 10.8 Å². The van der Waals surface area contributed by atoms with Crippen molar-refractivity contribution in [1.29, 1.82) is 0 Å². The molecule has 0 amide bonds. The molecule has 0 atom stereocenters. The number of terminal acetylenes is 1. The summed E-state index contributed by atoms with van der Waals surface area (Å²) in [5, 5.41) is 9.00. The van der Waals surface area contributed by atoms with E-state index in [9.17, 15) is 13.2 Å². The zero-order valence-corrected chi connectivity index (χ0v) is 10.9. The monoisotopic (exact) mass is 270 g/mol. The first kappa shape index (κ1) is 14.3. The van der Waals surface area contributed by atoms with Crippen LogP contribution in [0.4, 0.5) is 0 Å². The Balaban J connectivity index is 3.25. The first-order valence-electron chi connectivity index (χ1n) is 5.18. The molecule has 0 saturated heterocycles. The van der Waals surface area contributed by atoms with E-state index in [0.29, 0.717) is 0 Å². The summed E-state index contributed by atoms with van der Waals surface area (Å²) in [5.41, 5.74) is -0.0777. The summed E-state index contributed by atoms with van der Waals surface area (Å²) in [4.78, 5) is 10.9. The molecule has 0 spiro atoms. The standard InChI is InChI=1S/C11H14N2O4S/c1-4-5-12-18(16,17)9-6-10(11(14)15)13(7-9)8(2)3/h1,6-8,12H,5H2,2-3H3,(H,14,15). The number of rotatable bonds is 5. The highest BCUT2D eigenvalue weighted by Gasteiger charge is 2.21. The van der Waals surface area contributed by atoms with Gasteiger partial charge < -0.3 is 9.67 Å². The lowest BCUT2D eigenvalue weighted by atomic mass is 10.3. The fourth-order valence-electron chi connectivity index (χ4n) is 1.42. The lowest BCUT2D eigenvalue weighted by molar-refractivity contribution is 0.0683. The molecule has 2 N–H and O–H groups in total. The molecule has 6 nitrogen and oxygen atoms in total. The highest BCUT2D eigenvalue weighted by Crippen LogP contribution is 2.18. The summed E-state index contributed by atoms with van der Waals surface area (Å²) < 4.78 is 27.1. The van der Waals surface area contributed by atoms with Gasteiger partial charge in [-0.2, -0.15) is 4.72 Å². The van der Waals surface area contributed by atoms with Crippen LogP contribution >= 0.6 is 0 Å². The number of hydrogen-bond donors (Lipinski definition) is 2. The minimum absolute atomic E-state index is 0.0777. The van der Waals surface area contributed by atoms with Crippen molar-refractivity contribution < 1.29 is 18.3 Å². The molecule has 0 radical (unpaired) electrons. The number of nitrogens with one attached hydrogen (secondary N) is 1. The van der Waals surface area contributed by atoms with Gasteiger partial charge in [0, 0.05) is 12.2 Å². The van der Waals surface area contributed by atoms with Gasteiger partial charge in [0.15, 0.2) is 0 Å². The molecule has 1 heterocycles. The third-order valence-corrected chi connectivity index (χ3v) is 3.64. The van der Waals surface area contributed by atoms with Crippen molar-refractivity contribution in [2.24, 2.45) is 0 Å². The molecule has 1 aromatic heterocycles. The van der Waals surface area contributed by atoms with Crippen LogP contribution in [0.2, 0.25) is 0 Å². The van der Waals surface area contributed by atoms with Crippen LogP contribution in [0.5, 0.6) is 0 Å². The molecule has 1 rings (SSSR count). The highest BCUT2D eigenvalue weighted by atomic mass is 32.2. The summed E-state index contributed by atoms with van der Waals surface area (Å²) >= 11 is 0. The highest BCUT2D eigenvalue weighted by molar-refractivity contribution is 7.89.